The van der Waals surface area contributed by atoms with Gasteiger partial charge in [0.1, 0.15) is 11.6 Å². The first-order valence-electron chi connectivity index (χ1n) is 5.90. The standard InChI is InChI=1S/C12H15N3O3S2/c1-3-18-9-5-4-6-10(7-9)20(16,17)15-12-11(19-2)8-13-14-12/h4-8H,3H2,1-2H3,(H2,13,14,15). The summed E-state index contributed by atoms with van der Waals surface area (Å²) in [6, 6.07) is 6.36. The first kappa shape index (κ1) is 14.7. The molecule has 2 N–H and O–H groups in total. The third kappa shape index (κ3) is 3.26. The molecule has 0 aliphatic heterocycles. The van der Waals surface area contributed by atoms with E-state index in [-0.39, 0.29) is 4.90 Å². The van der Waals surface area contributed by atoms with E-state index in [4.69, 9.17) is 4.74 Å². The summed E-state index contributed by atoms with van der Waals surface area (Å²) >= 11 is 1.40. The van der Waals surface area contributed by atoms with Gasteiger partial charge in [0.2, 0.25) is 0 Å². The monoisotopic (exact) mass is 313 g/mol. The number of hydrogen-bond acceptors (Lipinski definition) is 5. The first-order valence-corrected chi connectivity index (χ1v) is 8.60. The third-order valence-electron chi connectivity index (χ3n) is 2.49. The van der Waals surface area contributed by atoms with Crippen LogP contribution in [0.1, 0.15) is 6.92 Å². The molecule has 0 saturated heterocycles. The van der Waals surface area contributed by atoms with Crippen LogP contribution in [-0.2, 0) is 10.0 Å². The van der Waals surface area contributed by atoms with Gasteiger partial charge in [-0.1, -0.05) is 6.07 Å². The van der Waals surface area contributed by atoms with Gasteiger partial charge in [0, 0.05) is 6.07 Å². The largest absolute Gasteiger partial charge is 0.494 e. The van der Waals surface area contributed by atoms with Crippen LogP contribution in [0.15, 0.2) is 40.3 Å². The normalized spacial score (nSPS) is 11.3. The van der Waals surface area contributed by atoms with E-state index in [1.165, 1.54) is 23.9 Å². The SMILES string of the molecule is CCOc1cccc(S(=O)(=O)Nc2[nH]ncc2SC)c1. The summed E-state index contributed by atoms with van der Waals surface area (Å²) in [5.41, 5.74) is 0. The highest BCUT2D eigenvalue weighted by atomic mass is 32.2. The molecule has 2 rings (SSSR count). The van der Waals surface area contributed by atoms with Gasteiger partial charge in [-0.05, 0) is 25.3 Å². The van der Waals surface area contributed by atoms with Gasteiger partial charge in [0.15, 0.2) is 0 Å². The number of ether oxygens (including phenoxy) is 1. The fourth-order valence-corrected chi connectivity index (χ4v) is 3.19. The maximum Gasteiger partial charge on any atom is 0.263 e. The Bertz CT molecular complexity index is 683. The Morgan fingerprint density at radius 2 is 2.25 bits per heavy atom. The lowest BCUT2D eigenvalue weighted by Gasteiger charge is -2.09. The number of benzene rings is 1. The Morgan fingerprint density at radius 1 is 1.45 bits per heavy atom. The number of aromatic amines is 1. The van der Waals surface area contributed by atoms with Crippen LogP contribution in [0.2, 0.25) is 0 Å². The van der Waals surface area contributed by atoms with E-state index in [0.717, 1.165) is 4.90 Å². The molecular weight excluding hydrogens is 298 g/mol. The molecule has 6 nitrogen and oxygen atoms in total. The van der Waals surface area contributed by atoms with Crippen molar-refractivity contribution in [2.75, 3.05) is 17.6 Å². The highest BCUT2D eigenvalue weighted by Gasteiger charge is 2.17. The average Bonchev–Trinajstić information content (AvgIpc) is 2.86. The number of aromatic nitrogens is 2. The molecule has 0 amide bonds. The van der Waals surface area contributed by atoms with Crippen LogP contribution in [0.25, 0.3) is 0 Å². The number of thioether (sulfide) groups is 1. The topological polar surface area (TPSA) is 84.1 Å². The molecule has 1 aromatic carbocycles. The molecular formula is C12H15N3O3S2. The second kappa shape index (κ2) is 6.19. The third-order valence-corrected chi connectivity index (χ3v) is 4.58. The molecule has 0 spiro atoms. The average molecular weight is 313 g/mol. The number of nitrogens with one attached hydrogen (secondary N) is 2. The number of H-pyrrole nitrogens is 1. The predicted octanol–water partition coefficient (Wildman–Crippen LogP) is 2.33. The Kier molecular flexibility index (Phi) is 4.56. The molecule has 8 heteroatoms. The van der Waals surface area contributed by atoms with Crippen molar-refractivity contribution in [1.29, 1.82) is 0 Å². The molecule has 20 heavy (non-hydrogen) atoms. The zero-order chi connectivity index (χ0) is 14.6. The second-order valence-corrected chi connectivity index (χ2v) is 6.36. The summed E-state index contributed by atoms with van der Waals surface area (Å²) in [5, 5.41) is 6.45. The number of nitrogens with zero attached hydrogens (tertiary/aromatic N) is 1. The Balaban J connectivity index is 2.28. The molecule has 0 aliphatic carbocycles. The van der Waals surface area contributed by atoms with Gasteiger partial charge in [0.25, 0.3) is 10.0 Å². The zero-order valence-corrected chi connectivity index (χ0v) is 12.7. The van der Waals surface area contributed by atoms with Crippen molar-refractivity contribution < 1.29 is 13.2 Å². The van der Waals surface area contributed by atoms with Crippen LogP contribution in [0.3, 0.4) is 0 Å². The molecule has 0 aliphatic rings. The van der Waals surface area contributed by atoms with Crippen molar-refractivity contribution in [1.82, 2.24) is 10.2 Å². The quantitative estimate of drug-likeness (QED) is 0.800. The van der Waals surface area contributed by atoms with E-state index in [0.29, 0.717) is 18.2 Å². The van der Waals surface area contributed by atoms with Crippen LogP contribution in [0.4, 0.5) is 5.82 Å². The molecule has 1 heterocycles. The summed E-state index contributed by atoms with van der Waals surface area (Å²) in [7, 11) is -3.67. The highest BCUT2D eigenvalue weighted by molar-refractivity contribution is 7.99. The fraction of sp³-hybridized carbons (Fsp3) is 0.250. The molecule has 0 atom stereocenters. The lowest BCUT2D eigenvalue weighted by molar-refractivity contribution is 0.339. The molecule has 0 fully saturated rings. The first-order chi connectivity index (χ1) is 9.56. The maximum absolute atomic E-state index is 12.3. The molecule has 0 saturated carbocycles. The molecule has 108 valence electrons. The zero-order valence-electron chi connectivity index (χ0n) is 11.1. The summed E-state index contributed by atoms with van der Waals surface area (Å²) < 4.78 is 32.4. The molecule has 0 radical (unpaired) electrons. The Labute approximate surface area is 122 Å². The minimum atomic E-state index is -3.67. The van der Waals surface area contributed by atoms with Gasteiger partial charge in [0.05, 0.1) is 22.6 Å². The van der Waals surface area contributed by atoms with E-state index in [1.54, 1.807) is 18.3 Å². The van der Waals surface area contributed by atoms with Crippen molar-refractivity contribution in [3.8, 4) is 5.75 Å². The molecule has 1 aromatic heterocycles. The number of anilines is 1. The van der Waals surface area contributed by atoms with Crippen LogP contribution in [0.5, 0.6) is 5.75 Å². The summed E-state index contributed by atoms with van der Waals surface area (Å²) in [6.45, 7) is 2.32. The van der Waals surface area contributed by atoms with Gasteiger partial charge in [-0.2, -0.15) is 5.10 Å². The van der Waals surface area contributed by atoms with E-state index >= 15 is 0 Å². The Morgan fingerprint density at radius 3 is 2.95 bits per heavy atom. The number of sulfonamides is 1. The van der Waals surface area contributed by atoms with E-state index < -0.39 is 10.0 Å². The number of hydrogen-bond donors (Lipinski definition) is 2. The van der Waals surface area contributed by atoms with Gasteiger partial charge < -0.3 is 4.74 Å². The molecule has 0 unspecified atom stereocenters. The highest BCUT2D eigenvalue weighted by Crippen LogP contribution is 2.25. The fourth-order valence-electron chi connectivity index (χ4n) is 1.59. The lowest BCUT2D eigenvalue weighted by Crippen LogP contribution is -2.14. The minimum absolute atomic E-state index is 0.144. The van der Waals surface area contributed by atoms with Crippen molar-refractivity contribution >= 4 is 27.6 Å². The van der Waals surface area contributed by atoms with E-state index in [2.05, 4.69) is 14.9 Å². The van der Waals surface area contributed by atoms with Crippen molar-refractivity contribution in [3.63, 3.8) is 0 Å². The van der Waals surface area contributed by atoms with Crippen LogP contribution < -0.4 is 9.46 Å². The summed E-state index contributed by atoms with van der Waals surface area (Å²) in [5.74, 6) is 0.879. The second-order valence-electron chi connectivity index (χ2n) is 3.83. The van der Waals surface area contributed by atoms with E-state index in [9.17, 15) is 8.42 Å². The van der Waals surface area contributed by atoms with Crippen molar-refractivity contribution in [2.24, 2.45) is 0 Å². The summed E-state index contributed by atoms with van der Waals surface area (Å²) in [4.78, 5) is 0.875. The smallest absolute Gasteiger partial charge is 0.263 e. The number of rotatable bonds is 6. The summed E-state index contributed by atoms with van der Waals surface area (Å²) in [6.07, 6.45) is 3.41. The molecule has 0 bridgehead atoms. The minimum Gasteiger partial charge on any atom is -0.494 e. The van der Waals surface area contributed by atoms with E-state index in [1.807, 2.05) is 13.2 Å². The van der Waals surface area contributed by atoms with Gasteiger partial charge in [-0.3, -0.25) is 9.82 Å². The van der Waals surface area contributed by atoms with Crippen LogP contribution >= 0.6 is 11.8 Å². The van der Waals surface area contributed by atoms with Crippen LogP contribution in [0, 0.1) is 0 Å². The lowest BCUT2D eigenvalue weighted by atomic mass is 10.3. The predicted molar refractivity (Wildman–Crippen MR) is 78.8 cm³/mol. The van der Waals surface area contributed by atoms with Crippen molar-refractivity contribution in [2.45, 2.75) is 16.7 Å². The van der Waals surface area contributed by atoms with Gasteiger partial charge in [-0.25, -0.2) is 8.42 Å². The molecule has 2 aromatic rings. The van der Waals surface area contributed by atoms with Gasteiger partial charge >= 0.3 is 0 Å². The van der Waals surface area contributed by atoms with Crippen LogP contribution in [-0.4, -0.2) is 31.5 Å². The van der Waals surface area contributed by atoms with Gasteiger partial charge in [-0.15, -0.1) is 11.8 Å². The maximum atomic E-state index is 12.3. The van der Waals surface area contributed by atoms with Crippen molar-refractivity contribution in [3.05, 3.63) is 30.5 Å². The Hall–Kier alpha value is -1.67.